The number of halogens is 2. The molecule has 0 saturated carbocycles. The number of aryl methyl sites for hydroxylation is 2. The molecule has 0 fully saturated rings. The van der Waals surface area contributed by atoms with Gasteiger partial charge in [0.25, 0.3) is 0 Å². The third-order valence-electron chi connectivity index (χ3n) is 4.96. The first-order chi connectivity index (χ1) is 13.0. The second-order valence-electron chi connectivity index (χ2n) is 6.88. The normalized spacial score (nSPS) is 17.3. The summed E-state index contributed by atoms with van der Waals surface area (Å²) < 4.78 is 22.3. The Bertz CT molecular complexity index is 972. The topological polar surface area (TPSA) is 30.3 Å². The highest BCUT2D eigenvalue weighted by Crippen LogP contribution is 2.33. The third kappa shape index (κ3) is 3.57. The average Bonchev–Trinajstić information content (AvgIpc) is 2.82. The van der Waals surface area contributed by atoms with Crippen LogP contribution in [0.2, 0.25) is 5.15 Å². The number of hydrogen-bond donors (Lipinski definition) is 0. The minimum atomic E-state index is -0.398. The Kier molecular flexibility index (Phi) is 4.89. The van der Waals surface area contributed by atoms with E-state index in [9.17, 15) is 4.39 Å². The van der Waals surface area contributed by atoms with Crippen LogP contribution in [0.25, 0.3) is 0 Å². The third-order valence-corrected chi connectivity index (χ3v) is 5.44. The molecule has 0 radical (unpaired) electrons. The van der Waals surface area contributed by atoms with Gasteiger partial charge in [-0.1, -0.05) is 48.0 Å². The molecule has 6 heteroatoms. The van der Waals surface area contributed by atoms with E-state index in [1.165, 1.54) is 6.07 Å². The van der Waals surface area contributed by atoms with Crippen LogP contribution in [-0.4, -0.2) is 21.2 Å². The molecule has 0 spiro atoms. The predicted octanol–water partition coefficient (Wildman–Crippen LogP) is 4.66. The van der Waals surface area contributed by atoms with Crippen LogP contribution in [0, 0.1) is 12.7 Å². The lowest BCUT2D eigenvalue weighted by atomic mass is 10.1. The molecule has 0 bridgehead atoms. The fourth-order valence-electron chi connectivity index (χ4n) is 3.58. The SMILES string of the molecule is Cc1nn(C)c(Cl)c1CN1Cc2ccccc2OC(c2ccccc2F)C1. The lowest BCUT2D eigenvalue weighted by molar-refractivity contribution is 0.140. The smallest absolute Gasteiger partial charge is 0.139 e. The number of para-hydroxylation sites is 1. The van der Waals surface area contributed by atoms with E-state index in [0.717, 1.165) is 22.6 Å². The van der Waals surface area contributed by atoms with Crippen molar-refractivity contribution >= 4 is 11.6 Å². The fraction of sp³-hybridized carbons (Fsp3) is 0.286. The van der Waals surface area contributed by atoms with Crippen molar-refractivity contribution in [3.63, 3.8) is 0 Å². The number of ether oxygens (including phenoxy) is 1. The van der Waals surface area contributed by atoms with E-state index >= 15 is 0 Å². The molecule has 0 aliphatic carbocycles. The van der Waals surface area contributed by atoms with Crippen molar-refractivity contribution in [2.45, 2.75) is 26.1 Å². The molecule has 1 aliphatic rings. The highest BCUT2D eigenvalue weighted by atomic mass is 35.5. The zero-order valence-corrected chi connectivity index (χ0v) is 16.1. The maximum atomic E-state index is 14.4. The molecule has 0 N–H and O–H groups in total. The van der Waals surface area contributed by atoms with Crippen LogP contribution in [-0.2, 0) is 20.1 Å². The Morgan fingerprint density at radius 2 is 1.93 bits per heavy atom. The molecule has 4 rings (SSSR count). The maximum absolute atomic E-state index is 14.4. The van der Waals surface area contributed by atoms with Crippen LogP contribution in [0.1, 0.15) is 28.5 Å². The second-order valence-corrected chi connectivity index (χ2v) is 7.24. The van der Waals surface area contributed by atoms with Crippen LogP contribution in [0.15, 0.2) is 48.5 Å². The highest BCUT2D eigenvalue weighted by molar-refractivity contribution is 6.30. The number of fused-ring (bicyclic) bond motifs is 1. The van der Waals surface area contributed by atoms with Crippen LogP contribution in [0.3, 0.4) is 0 Å². The van der Waals surface area contributed by atoms with E-state index in [0.29, 0.717) is 30.4 Å². The molecule has 140 valence electrons. The summed E-state index contributed by atoms with van der Waals surface area (Å²) in [5.41, 5.74) is 3.54. The second kappa shape index (κ2) is 7.33. The van der Waals surface area contributed by atoms with Crippen LogP contribution < -0.4 is 4.74 Å². The molecule has 0 saturated heterocycles. The van der Waals surface area contributed by atoms with Crippen molar-refractivity contribution in [1.82, 2.24) is 14.7 Å². The Morgan fingerprint density at radius 3 is 2.67 bits per heavy atom. The molecule has 1 atom stereocenters. The van der Waals surface area contributed by atoms with Crippen molar-refractivity contribution in [2.24, 2.45) is 7.05 Å². The molecule has 4 nitrogen and oxygen atoms in total. The molecule has 1 unspecified atom stereocenters. The Balaban J connectivity index is 1.70. The maximum Gasteiger partial charge on any atom is 0.139 e. The van der Waals surface area contributed by atoms with Crippen LogP contribution >= 0.6 is 11.6 Å². The van der Waals surface area contributed by atoms with E-state index in [4.69, 9.17) is 16.3 Å². The zero-order chi connectivity index (χ0) is 19.0. The van der Waals surface area contributed by atoms with E-state index in [1.54, 1.807) is 16.8 Å². The van der Waals surface area contributed by atoms with Gasteiger partial charge in [0.1, 0.15) is 22.8 Å². The highest BCUT2D eigenvalue weighted by Gasteiger charge is 2.27. The minimum absolute atomic E-state index is 0.252. The lowest BCUT2D eigenvalue weighted by Crippen LogP contribution is -2.28. The summed E-state index contributed by atoms with van der Waals surface area (Å²) in [6.07, 6.45) is -0.398. The van der Waals surface area contributed by atoms with Gasteiger partial charge in [-0.25, -0.2) is 4.39 Å². The van der Waals surface area contributed by atoms with Gasteiger partial charge in [0.05, 0.1) is 5.69 Å². The lowest BCUT2D eigenvalue weighted by Gasteiger charge is -2.24. The van der Waals surface area contributed by atoms with Crippen molar-refractivity contribution in [3.05, 3.63) is 81.9 Å². The standard InChI is InChI=1S/C21H21ClFN3O/c1-14-17(21(22)25(2)24-14)12-26-11-15-7-3-6-10-19(15)27-20(13-26)16-8-4-5-9-18(16)23/h3-10,20H,11-13H2,1-2H3. The van der Waals surface area contributed by atoms with Gasteiger partial charge in [0.2, 0.25) is 0 Å². The van der Waals surface area contributed by atoms with E-state index in [1.807, 2.05) is 44.3 Å². The summed E-state index contributed by atoms with van der Waals surface area (Å²) in [5.74, 6) is 0.541. The number of nitrogens with zero attached hydrogens (tertiary/aromatic N) is 3. The molecule has 0 amide bonds. The average molecular weight is 386 g/mol. The summed E-state index contributed by atoms with van der Waals surface area (Å²) in [6, 6.07) is 14.7. The largest absolute Gasteiger partial charge is 0.484 e. The van der Waals surface area contributed by atoms with Gasteiger partial charge < -0.3 is 4.74 Å². The van der Waals surface area contributed by atoms with Crippen LogP contribution in [0.5, 0.6) is 5.75 Å². The number of benzene rings is 2. The van der Waals surface area contributed by atoms with Gasteiger partial charge in [0.15, 0.2) is 0 Å². The van der Waals surface area contributed by atoms with Crippen molar-refractivity contribution in [3.8, 4) is 5.75 Å². The van der Waals surface area contributed by atoms with E-state index < -0.39 is 6.10 Å². The first-order valence-corrected chi connectivity index (χ1v) is 9.30. The Hall–Kier alpha value is -2.37. The number of aromatic nitrogens is 2. The van der Waals surface area contributed by atoms with Gasteiger partial charge in [-0.05, 0) is 19.1 Å². The molecule has 2 heterocycles. The first kappa shape index (κ1) is 18.0. The van der Waals surface area contributed by atoms with Crippen molar-refractivity contribution < 1.29 is 9.13 Å². The first-order valence-electron chi connectivity index (χ1n) is 8.92. The van der Waals surface area contributed by atoms with Gasteiger partial charge >= 0.3 is 0 Å². The van der Waals surface area contributed by atoms with Gasteiger partial charge in [0, 0.05) is 43.4 Å². The molecule has 1 aliphatic heterocycles. The number of rotatable bonds is 3. The molecule has 1 aromatic heterocycles. The van der Waals surface area contributed by atoms with Crippen molar-refractivity contribution in [2.75, 3.05) is 6.54 Å². The summed E-state index contributed by atoms with van der Waals surface area (Å²) in [5, 5.41) is 5.03. The molecule has 27 heavy (non-hydrogen) atoms. The van der Waals surface area contributed by atoms with Gasteiger partial charge in [-0.2, -0.15) is 5.10 Å². The quantitative estimate of drug-likeness (QED) is 0.657. The monoisotopic (exact) mass is 385 g/mol. The molecular weight excluding hydrogens is 365 g/mol. The summed E-state index contributed by atoms with van der Waals surface area (Å²) in [6.45, 7) is 3.84. The summed E-state index contributed by atoms with van der Waals surface area (Å²) in [7, 11) is 1.84. The zero-order valence-electron chi connectivity index (χ0n) is 15.3. The number of hydrogen-bond acceptors (Lipinski definition) is 3. The van der Waals surface area contributed by atoms with Crippen LogP contribution in [0.4, 0.5) is 4.39 Å². The predicted molar refractivity (Wildman–Crippen MR) is 103 cm³/mol. The van der Waals surface area contributed by atoms with Crippen molar-refractivity contribution in [1.29, 1.82) is 0 Å². The van der Waals surface area contributed by atoms with E-state index in [2.05, 4.69) is 10.00 Å². The van der Waals surface area contributed by atoms with E-state index in [-0.39, 0.29) is 5.82 Å². The Morgan fingerprint density at radius 1 is 1.19 bits per heavy atom. The molecule has 3 aromatic rings. The summed E-state index contributed by atoms with van der Waals surface area (Å²) >= 11 is 6.44. The molecular formula is C21H21ClFN3O. The van der Waals surface area contributed by atoms with Gasteiger partial charge in [-0.3, -0.25) is 9.58 Å². The fourth-order valence-corrected chi connectivity index (χ4v) is 3.81. The molecule has 2 aromatic carbocycles. The minimum Gasteiger partial charge on any atom is -0.484 e. The summed E-state index contributed by atoms with van der Waals surface area (Å²) in [4.78, 5) is 2.23. The van der Waals surface area contributed by atoms with Gasteiger partial charge in [-0.15, -0.1) is 0 Å². The Labute approximate surface area is 163 Å².